The van der Waals surface area contributed by atoms with Crippen molar-refractivity contribution in [2.24, 2.45) is 0 Å². The van der Waals surface area contributed by atoms with Crippen molar-refractivity contribution in [2.75, 3.05) is 6.61 Å². The van der Waals surface area contributed by atoms with Crippen molar-refractivity contribution in [1.82, 2.24) is 15.0 Å². The van der Waals surface area contributed by atoms with Gasteiger partial charge in [-0.25, -0.2) is 14.8 Å². The second-order valence-electron chi connectivity index (χ2n) is 6.01. The van der Waals surface area contributed by atoms with E-state index in [4.69, 9.17) is 4.74 Å². The summed E-state index contributed by atoms with van der Waals surface area (Å²) in [5.41, 5.74) is 2.36. The smallest absolute Gasteiger partial charge is 0.340 e. The van der Waals surface area contributed by atoms with Crippen LogP contribution in [0.5, 0.6) is 0 Å². The summed E-state index contributed by atoms with van der Waals surface area (Å²) in [5, 5.41) is 10.7. The molecule has 0 unspecified atom stereocenters. The Bertz CT molecular complexity index is 877. The van der Waals surface area contributed by atoms with Crippen molar-refractivity contribution in [1.29, 1.82) is 0 Å². The molecule has 2 aromatic heterocycles. The molecule has 2 N–H and O–H groups in total. The summed E-state index contributed by atoms with van der Waals surface area (Å²) >= 11 is 0. The largest absolute Gasteiger partial charge is 0.462 e. The Kier molecular flexibility index (Phi) is 4.07. The number of nitrogens with one attached hydrogen (secondary N) is 1. The molecular weight excluding hydrogens is 306 g/mol. The fourth-order valence-corrected chi connectivity index (χ4v) is 2.59. The number of aromatic nitrogens is 3. The van der Waals surface area contributed by atoms with Gasteiger partial charge in [0, 0.05) is 11.8 Å². The molecule has 0 saturated carbocycles. The van der Waals surface area contributed by atoms with Crippen molar-refractivity contribution in [3.05, 3.63) is 47.9 Å². The number of H-pyrrole nitrogens is 1. The van der Waals surface area contributed by atoms with E-state index in [9.17, 15) is 9.90 Å². The Hall–Kier alpha value is -2.73. The number of benzene rings is 1. The third kappa shape index (κ3) is 2.88. The van der Waals surface area contributed by atoms with Crippen LogP contribution in [0.4, 0.5) is 0 Å². The summed E-state index contributed by atoms with van der Waals surface area (Å²) in [7, 11) is 0. The van der Waals surface area contributed by atoms with Crippen molar-refractivity contribution in [2.45, 2.75) is 26.4 Å². The van der Waals surface area contributed by atoms with Crippen molar-refractivity contribution in [3.8, 4) is 11.3 Å². The van der Waals surface area contributed by atoms with E-state index in [2.05, 4.69) is 15.0 Å². The SMILES string of the molecule is CCOC(=O)c1c[nH]c2ncnc(-c3ccc(C(C)(C)O)cc3)c12. The van der Waals surface area contributed by atoms with Crippen LogP contribution in [0.3, 0.4) is 0 Å². The summed E-state index contributed by atoms with van der Waals surface area (Å²) in [6.45, 7) is 5.53. The van der Waals surface area contributed by atoms with Crippen LogP contribution in [0, 0.1) is 0 Å². The molecule has 0 amide bonds. The molecule has 3 aromatic rings. The van der Waals surface area contributed by atoms with Gasteiger partial charge >= 0.3 is 5.97 Å². The molecule has 0 aliphatic heterocycles. The summed E-state index contributed by atoms with van der Waals surface area (Å²) in [4.78, 5) is 23.7. The molecule has 0 fully saturated rings. The molecule has 0 bridgehead atoms. The number of aliphatic hydroxyl groups is 1. The number of nitrogens with zero attached hydrogens (tertiary/aromatic N) is 2. The monoisotopic (exact) mass is 325 g/mol. The first-order valence-corrected chi connectivity index (χ1v) is 7.74. The van der Waals surface area contributed by atoms with Gasteiger partial charge < -0.3 is 14.8 Å². The fraction of sp³-hybridized carbons (Fsp3) is 0.278. The van der Waals surface area contributed by atoms with Crippen LogP contribution >= 0.6 is 0 Å². The zero-order chi connectivity index (χ0) is 17.3. The van der Waals surface area contributed by atoms with E-state index >= 15 is 0 Å². The molecule has 1 aromatic carbocycles. The van der Waals surface area contributed by atoms with Gasteiger partial charge in [-0.1, -0.05) is 24.3 Å². The molecule has 0 spiro atoms. The molecule has 6 heteroatoms. The second-order valence-corrected chi connectivity index (χ2v) is 6.01. The lowest BCUT2D eigenvalue weighted by atomic mass is 9.96. The Balaban J connectivity index is 2.12. The molecule has 0 aliphatic carbocycles. The third-order valence-electron chi connectivity index (χ3n) is 3.83. The summed E-state index contributed by atoms with van der Waals surface area (Å²) in [6, 6.07) is 7.44. The number of fused-ring (bicyclic) bond motifs is 1. The predicted molar refractivity (Wildman–Crippen MR) is 90.5 cm³/mol. The zero-order valence-electron chi connectivity index (χ0n) is 13.8. The van der Waals surface area contributed by atoms with Gasteiger partial charge in [-0.3, -0.25) is 0 Å². The first-order chi connectivity index (χ1) is 11.4. The van der Waals surface area contributed by atoms with Crippen molar-refractivity contribution in [3.63, 3.8) is 0 Å². The highest BCUT2D eigenvalue weighted by Crippen LogP contribution is 2.30. The average molecular weight is 325 g/mol. The molecule has 24 heavy (non-hydrogen) atoms. The van der Waals surface area contributed by atoms with Gasteiger partial charge in [0.1, 0.15) is 12.0 Å². The van der Waals surface area contributed by atoms with Crippen LogP contribution in [0.1, 0.15) is 36.7 Å². The molecule has 3 rings (SSSR count). The predicted octanol–water partition coefficient (Wildman–Crippen LogP) is 3.03. The third-order valence-corrected chi connectivity index (χ3v) is 3.83. The molecule has 2 heterocycles. The lowest BCUT2D eigenvalue weighted by Gasteiger charge is -2.17. The van der Waals surface area contributed by atoms with Crippen LogP contribution in [0.2, 0.25) is 0 Å². The maximum Gasteiger partial charge on any atom is 0.340 e. The van der Waals surface area contributed by atoms with Gasteiger partial charge in [-0.05, 0) is 26.3 Å². The fourth-order valence-electron chi connectivity index (χ4n) is 2.59. The van der Waals surface area contributed by atoms with E-state index in [1.807, 2.05) is 24.3 Å². The number of hydrogen-bond acceptors (Lipinski definition) is 5. The van der Waals surface area contributed by atoms with Crippen molar-refractivity contribution < 1.29 is 14.6 Å². The Morgan fingerprint density at radius 3 is 2.58 bits per heavy atom. The molecule has 0 saturated heterocycles. The van der Waals surface area contributed by atoms with Crippen LogP contribution in [0.15, 0.2) is 36.8 Å². The molecular formula is C18H19N3O3. The maximum absolute atomic E-state index is 12.2. The first kappa shape index (κ1) is 16.1. The number of rotatable bonds is 4. The minimum absolute atomic E-state index is 0.300. The van der Waals surface area contributed by atoms with Gasteiger partial charge in [-0.2, -0.15) is 0 Å². The highest BCUT2D eigenvalue weighted by atomic mass is 16.5. The number of carbonyl (C=O) groups is 1. The molecule has 0 atom stereocenters. The minimum atomic E-state index is -0.913. The summed E-state index contributed by atoms with van der Waals surface area (Å²) in [5.74, 6) is -0.409. The standard InChI is InChI=1S/C18H19N3O3/c1-4-24-17(22)13-9-19-16-14(13)15(20-10-21-16)11-5-7-12(8-6-11)18(2,3)23/h5-10,23H,4H2,1-3H3,(H,19,20,21). The molecule has 6 nitrogen and oxygen atoms in total. The Morgan fingerprint density at radius 1 is 1.25 bits per heavy atom. The van der Waals surface area contributed by atoms with Crippen LogP contribution in [-0.2, 0) is 10.3 Å². The van der Waals surface area contributed by atoms with E-state index < -0.39 is 11.6 Å². The quantitative estimate of drug-likeness (QED) is 0.720. The van der Waals surface area contributed by atoms with Gasteiger partial charge in [0.05, 0.1) is 28.9 Å². The lowest BCUT2D eigenvalue weighted by Crippen LogP contribution is -2.14. The molecule has 0 aliphatic rings. The normalized spacial score (nSPS) is 11.7. The van der Waals surface area contributed by atoms with Crippen LogP contribution in [0.25, 0.3) is 22.3 Å². The van der Waals surface area contributed by atoms with E-state index in [-0.39, 0.29) is 0 Å². The van der Waals surface area contributed by atoms with E-state index in [0.29, 0.717) is 28.9 Å². The van der Waals surface area contributed by atoms with Gasteiger partial charge in [0.2, 0.25) is 0 Å². The number of carbonyl (C=O) groups excluding carboxylic acids is 1. The zero-order valence-corrected chi connectivity index (χ0v) is 13.8. The van der Waals surface area contributed by atoms with E-state index in [1.54, 1.807) is 27.0 Å². The molecule has 124 valence electrons. The minimum Gasteiger partial charge on any atom is -0.462 e. The van der Waals surface area contributed by atoms with Gasteiger partial charge in [0.15, 0.2) is 0 Å². The van der Waals surface area contributed by atoms with Crippen LogP contribution in [-0.4, -0.2) is 32.6 Å². The summed E-state index contributed by atoms with van der Waals surface area (Å²) in [6.07, 6.45) is 3.04. The highest BCUT2D eigenvalue weighted by Gasteiger charge is 2.20. The lowest BCUT2D eigenvalue weighted by molar-refractivity contribution is 0.0528. The first-order valence-electron chi connectivity index (χ1n) is 7.74. The van der Waals surface area contributed by atoms with E-state index in [0.717, 1.165) is 11.1 Å². The highest BCUT2D eigenvalue weighted by molar-refractivity contribution is 6.08. The number of ether oxygens (including phenoxy) is 1. The average Bonchev–Trinajstić information content (AvgIpc) is 2.98. The maximum atomic E-state index is 12.2. The second kappa shape index (κ2) is 6.05. The van der Waals surface area contributed by atoms with Crippen LogP contribution < -0.4 is 0 Å². The van der Waals surface area contributed by atoms with E-state index in [1.165, 1.54) is 6.33 Å². The number of esters is 1. The topological polar surface area (TPSA) is 88.1 Å². The Morgan fingerprint density at radius 2 is 1.96 bits per heavy atom. The Labute approximate surface area is 139 Å². The van der Waals surface area contributed by atoms with Crippen molar-refractivity contribution >= 4 is 17.0 Å². The number of hydrogen-bond donors (Lipinski definition) is 2. The molecule has 0 radical (unpaired) electrons. The van der Waals surface area contributed by atoms with Gasteiger partial charge in [0.25, 0.3) is 0 Å². The number of aromatic amines is 1. The van der Waals surface area contributed by atoms with Gasteiger partial charge in [-0.15, -0.1) is 0 Å². The summed E-state index contributed by atoms with van der Waals surface area (Å²) < 4.78 is 5.10.